The van der Waals surface area contributed by atoms with E-state index in [4.69, 9.17) is 5.11 Å². The van der Waals surface area contributed by atoms with Crippen molar-refractivity contribution in [3.8, 4) is 0 Å². The molecule has 2 N–H and O–H groups in total. The normalized spacial score (nSPS) is 26.4. The summed E-state index contributed by atoms with van der Waals surface area (Å²) in [5.74, 6) is -1.13. The van der Waals surface area contributed by atoms with Crippen LogP contribution >= 0.6 is 0 Å². The molecular weight excluding hydrogens is 194 g/mol. The highest BCUT2D eigenvalue weighted by atomic mass is 16.4. The Labute approximate surface area is 89.4 Å². The van der Waals surface area contributed by atoms with E-state index in [9.17, 15) is 9.59 Å². The zero-order valence-electron chi connectivity index (χ0n) is 8.74. The summed E-state index contributed by atoms with van der Waals surface area (Å²) in [7, 11) is 0. The number of nitrogens with one attached hydrogen (secondary N) is 1. The standard InChI is InChI=1S/C11H17NO3/c1-2-10(13)12-9-5-3-4-8(6-7-9)11(14)15/h2,8-9H,1,3-7H2,(H,12,13)(H,14,15). The number of aliphatic carboxylic acids is 1. The van der Waals surface area contributed by atoms with Gasteiger partial charge in [0.1, 0.15) is 0 Å². The molecule has 1 amide bonds. The first-order valence-corrected chi connectivity index (χ1v) is 5.29. The Morgan fingerprint density at radius 1 is 1.27 bits per heavy atom. The molecule has 1 fully saturated rings. The van der Waals surface area contributed by atoms with Crippen LogP contribution in [0.2, 0.25) is 0 Å². The third-order valence-corrected chi connectivity index (χ3v) is 2.85. The van der Waals surface area contributed by atoms with Gasteiger partial charge in [-0.3, -0.25) is 9.59 Å². The van der Waals surface area contributed by atoms with Crippen LogP contribution in [0, 0.1) is 5.92 Å². The fraction of sp³-hybridized carbons (Fsp3) is 0.636. The monoisotopic (exact) mass is 211 g/mol. The second-order valence-corrected chi connectivity index (χ2v) is 3.95. The number of carbonyl (C=O) groups excluding carboxylic acids is 1. The molecule has 0 radical (unpaired) electrons. The summed E-state index contributed by atoms with van der Waals surface area (Å²) in [5.41, 5.74) is 0. The molecule has 0 aliphatic heterocycles. The van der Waals surface area contributed by atoms with Crippen LogP contribution in [-0.4, -0.2) is 23.0 Å². The Balaban J connectivity index is 2.42. The van der Waals surface area contributed by atoms with Gasteiger partial charge >= 0.3 is 5.97 Å². The summed E-state index contributed by atoms with van der Waals surface area (Å²) >= 11 is 0. The van der Waals surface area contributed by atoms with Gasteiger partial charge in [0, 0.05) is 6.04 Å². The zero-order valence-corrected chi connectivity index (χ0v) is 8.74. The van der Waals surface area contributed by atoms with E-state index in [-0.39, 0.29) is 17.9 Å². The van der Waals surface area contributed by atoms with E-state index in [0.29, 0.717) is 6.42 Å². The molecule has 0 aromatic carbocycles. The quantitative estimate of drug-likeness (QED) is 0.546. The minimum atomic E-state index is -0.717. The van der Waals surface area contributed by atoms with Crippen LogP contribution in [0.15, 0.2) is 12.7 Å². The Morgan fingerprint density at radius 3 is 2.60 bits per heavy atom. The molecule has 2 unspecified atom stereocenters. The lowest BCUT2D eigenvalue weighted by molar-refractivity contribution is -0.142. The second-order valence-electron chi connectivity index (χ2n) is 3.95. The number of carbonyl (C=O) groups is 2. The van der Waals surface area contributed by atoms with Crippen molar-refractivity contribution in [1.29, 1.82) is 0 Å². The van der Waals surface area contributed by atoms with E-state index in [1.807, 2.05) is 0 Å². The fourth-order valence-corrected chi connectivity index (χ4v) is 1.95. The number of carboxylic acids is 1. The van der Waals surface area contributed by atoms with Gasteiger partial charge in [0.2, 0.25) is 5.91 Å². The Kier molecular flexibility index (Phi) is 4.34. The van der Waals surface area contributed by atoms with Crippen molar-refractivity contribution in [1.82, 2.24) is 5.32 Å². The summed E-state index contributed by atoms with van der Waals surface area (Å²) in [6.07, 6.45) is 5.09. The molecule has 1 saturated carbocycles. The van der Waals surface area contributed by atoms with Gasteiger partial charge in [0.25, 0.3) is 0 Å². The number of rotatable bonds is 3. The van der Waals surface area contributed by atoms with Gasteiger partial charge < -0.3 is 10.4 Å². The van der Waals surface area contributed by atoms with Crippen molar-refractivity contribution in [2.75, 3.05) is 0 Å². The molecule has 1 aliphatic carbocycles. The Bertz CT molecular complexity index is 263. The Morgan fingerprint density at radius 2 is 2.00 bits per heavy atom. The molecule has 0 saturated heterocycles. The van der Waals surface area contributed by atoms with Crippen molar-refractivity contribution in [2.24, 2.45) is 5.92 Å². The SMILES string of the molecule is C=CC(=O)NC1CCCC(C(=O)O)CC1. The lowest BCUT2D eigenvalue weighted by Gasteiger charge is -2.14. The smallest absolute Gasteiger partial charge is 0.306 e. The highest BCUT2D eigenvalue weighted by Gasteiger charge is 2.23. The van der Waals surface area contributed by atoms with Crippen molar-refractivity contribution in [2.45, 2.75) is 38.1 Å². The number of carboxylic acid groups (broad SMARTS) is 1. The first-order valence-electron chi connectivity index (χ1n) is 5.29. The van der Waals surface area contributed by atoms with Crippen LogP contribution in [-0.2, 0) is 9.59 Å². The molecule has 0 heterocycles. The van der Waals surface area contributed by atoms with Gasteiger partial charge in [-0.1, -0.05) is 13.0 Å². The highest BCUT2D eigenvalue weighted by Crippen LogP contribution is 2.23. The van der Waals surface area contributed by atoms with E-state index >= 15 is 0 Å². The van der Waals surface area contributed by atoms with E-state index in [1.165, 1.54) is 6.08 Å². The molecule has 1 rings (SSSR count). The van der Waals surface area contributed by atoms with Crippen molar-refractivity contribution < 1.29 is 14.7 Å². The van der Waals surface area contributed by atoms with Crippen molar-refractivity contribution >= 4 is 11.9 Å². The van der Waals surface area contributed by atoms with E-state index in [2.05, 4.69) is 11.9 Å². The minimum Gasteiger partial charge on any atom is -0.481 e. The molecule has 0 spiro atoms. The third kappa shape index (κ3) is 3.73. The summed E-state index contributed by atoms with van der Waals surface area (Å²) in [6.45, 7) is 3.39. The molecule has 15 heavy (non-hydrogen) atoms. The van der Waals surface area contributed by atoms with Gasteiger partial charge in [-0.05, 0) is 31.8 Å². The number of hydrogen-bond donors (Lipinski definition) is 2. The van der Waals surface area contributed by atoms with Gasteiger partial charge in [-0.15, -0.1) is 0 Å². The van der Waals surface area contributed by atoms with Crippen LogP contribution in [0.3, 0.4) is 0 Å². The van der Waals surface area contributed by atoms with Crippen LogP contribution in [0.5, 0.6) is 0 Å². The Hall–Kier alpha value is -1.32. The second kappa shape index (κ2) is 5.53. The minimum absolute atomic E-state index is 0.111. The van der Waals surface area contributed by atoms with Gasteiger partial charge in [-0.25, -0.2) is 0 Å². The first-order chi connectivity index (χ1) is 7.13. The average Bonchev–Trinajstić information content (AvgIpc) is 2.43. The maximum absolute atomic E-state index is 11.1. The summed E-state index contributed by atoms with van der Waals surface area (Å²) in [6, 6.07) is 0.111. The molecule has 0 aromatic heterocycles. The summed E-state index contributed by atoms with van der Waals surface area (Å²) in [5, 5.41) is 11.7. The summed E-state index contributed by atoms with van der Waals surface area (Å²) < 4.78 is 0. The largest absolute Gasteiger partial charge is 0.481 e. The molecule has 1 aliphatic rings. The average molecular weight is 211 g/mol. The molecule has 2 atom stereocenters. The topological polar surface area (TPSA) is 66.4 Å². The zero-order chi connectivity index (χ0) is 11.3. The van der Waals surface area contributed by atoms with Crippen LogP contribution in [0.1, 0.15) is 32.1 Å². The molecule has 0 bridgehead atoms. The van der Waals surface area contributed by atoms with Crippen molar-refractivity contribution in [3.63, 3.8) is 0 Å². The highest BCUT2D eigenvalue weighted by molar-refractivity contribution is 5.87. The van der Waals surface area contributed by atoms with E-state index in [0.717, 1.165) is 25.7 Å². The maximum atomic E-state index is 11.1. The molecule has 84 valence electrons. The first kappa shape index (κ1) is 11.8. The van der Waals surface area contributed by atoms with Crippen molar-refractivity contribution in [3.05, 3.63) is 12.7 Å². The molecule has 0 aromatic rings. The van der Waals surface area contributed by atoms with Crippen LogP contribution in [0.25, 0.3) is 0 Å². The van der Waals surface area contributed by atoms with Gasteiger partial charge in [0.15, 0.2) is 0 Å². The fourth-order valence-electron chi connectivity index (χ4n) is 1.95. The lowest BCUT2D eigenvalue weighted by atomic mass is 10.0. The summed E-state index contributed by atoms with van der Waals surface area (Å²) in [4.78, 5) is 21.9. The predicted octanol–water partition coefficient (Wildman–Crippen LogP) is 1.32. The molecular formula is C11H17NO3. The lowest BCUT2D eigenvalue weighted by Crippen LogP contribution is -2.33. The third-order valence-electron chi connectivity index (χ3n) is 2.85. The van der Waals surface area contributed by atoms with Gasteiger partial charge in [0.05, 0.1) is 5.92 Å². The van der Waals surface area contributed by atoms with E-state index in [1.54, 1.807) is 0 Å². The molecule has 4 nitrogen and oxygen atoms in total. The van der Waals surface area contributed by atoms with Crippen LogP contribution < -0.4 is 5.32 Å². The van der Waals surface area contributed by atoms with E-state index < -0.39 is 5.97 Å². The van der Waals surface area contributed by atoms with Gasteiger partial charge in [-0.2, -0.15) is 0 Å². The molecule has 4 heteroatoms. The number of amides is 1. The van der Waals surface area contributed by atoms with Crippen LogP contribution in [0.4, 0.5) is 0 Å². The number of hydrogen-bond acceptors (Lipinski definition) is 2. The maximum Gasteiger partial charge on any atom is 0.306 e. The predicted molar refractivity (Wildman–Crippen MR) is 56.3 cm³/mol.